The number of anilines is 3. The van der Waals surface area contributed by atoms with Crippen LogP contribution in [0.4, 0.5) is 26.2 Å². The number of ketones is 1. The number of urea groups is 1. The van der Waals surface area contributed by atoms with E-state index in [9.17, 15) is 18.8 Å². The zero-order chi connectivity index (χ0) is 26.0. The van der Waals surface area contributed by atoms with E-state index < -0.39 is 11.2 Å². The highest BCUT2D eigenvalue weighted by atomic mass is 19.1. The predicted octanol–water partition coefficient (Wildman–Crippen LogP) is 5.73. The summed E-state index contributed by atoms with van der Waals surface area (Å²) in [6.45, 7) is 2.96. The van der Waals surface area contributed by atoms with Crippen molar-refractivity contribution in [2.45, 2.75) is 32.6 Å². The second-order valence-electron chi connectivity index (χ2n) is 9.86. The number of halogens is 1. The highest BCUT2D eigenvalue weighted by Gasteiger charge is 2.43. The van der Waals surface area contributed by atoms with E-state index in [4.69, 9.17) is 0 Å². The summed E-state index contributed by atoms with van der Waals surface area (Å²) in [5.41, 5.74) is 2.25. The van der Waals surface area contributed by atoms with E-state index in [1.807, 2.05) is 47.4 Å². The number of nitrogens with zero attached hydrogens (tertiary/aromatic N) is 3. The Bertz CT molecular complexity index is 1320. The molecule has 2 aliphatic rings. The average Bonchev–Trinajstić information content (AvgIpc) is 3.34. The summed E-state index contributed by atoms with van der Waals surface area (Å²) in [4.78, 5) is 45.1. The van der Waals surface area contributed by atoms with E-state index in [1.165, 1.54) is 24.0 Å². The fourth-order valence-electron chi connectivity index (χ4n) is 5.48. The van der Waals surface area contributed by atoms with E-state index in [0.29, 0.717) is 43.9 Å². The number of piperidine rings is 1. The van der Waals surface area contributed by atoms with Crippen molar-refractivity contribution in [1.29, 1.82) is 0 Å². The number of likely N-dealkylation sites (tertiary alicyclic amines) is 1. The van der Waals surface area contributed by atoms with Gasteiger partial charge in [0.25, 0.3) is 0 Å². The summed E-state index contributed by atoms with van der Waals surface area (Å²) < 4.78 is 14.1. The van der Waals surface area contributed by atoms with Gasteiger partial charge in [0.05, 0.1) is 5.69 Å². The van der Waals surface area contributed by atoms with E-state index in [2.05, 4.69) is 0 Å². The zero-order valence-electron chi connectivity index (χ0n) is 20.9. The molecule has 3 amide bonds. The van der Waals surface area contributed by atoms with Crippen LogP contribution in [0.3, 0.4) is 0 Å². The van der Waals surface area contributed by atoms with Crippen molar-refractivity contribution >= 4 is 34.8 Å². The molecule has 2 heterocycles. The first-order valence-corrected chi connectivity index (χ1v) is 12.7. The third-order valence-electron chi connectivity index (χ3n) is 7.68. The SMILES string of the molecule is CC(=O)C1(CC(=O)N(c2ccccc2)c2cccc(F)c2)CCN(C(=O)N2CCc3ccccc32)CC1. The molecule has 1 saturated heterocycles. The van der Waals surface area contributed by atoms with Crippen molar-refractivity contribution in [2.24, 2.45) is 5.41 Å². The number of carbonyl (C=O) groups is 3. The molecule has 0 aromatic heterocycles. The Morgan fingerprint density at radius 2 is 1.54 bits per heavy atom. The number of fused-ring (bicyclic) bond motifs is 1. The first-order chi connectivity index (χ1) is 17.9. The smallest absolute Gasteiger partial charge is 0.324 e. The van der Waals surface area contributed by atoms with Crippen LogP contribution in [0.15, 0.2) is 78.9 Å². The van der Waals surface area contributed by atoms with Crippen LogP contribution >= 0.6 is 0 Å². The predicted molar refractivity (Wildman–Crippen MR) is 141 cm³/mol. The number of amides is 3. The van der Waals surface area contributed by atoms with Gasteiger partial charge in [-0.05, 0) is 68.1 Å². The van der Waals surface area contributed by atoms with Gasteiger partial charge in [0.1, 0.15) is 11.6 Å². The van der Waals surface area contributed by atoms with Gasteiger partial charge in [0.15, 0.2) is 0 Å². The van der Waals surface area contributed by atoms with Crippen LogP contribution in [0.2, 0.25) is 0 Å². The molecule has 0 N–H and O–H groups in total. The molecule has 6 nitrogen and oxygen atoms in total. The molecule has 37 heavy (non-hydrogen) atoms. The Labute approximate surface area is 216 Å². The van der Waals surface area contributed by atoms with Crippen molar-refractivity contribution in [2.75, 3.05) is 29.4 Å². The maximum absolute atomic E-state index is 14.1. The fraction of sp³-hybridized carbons (Fsp3) is 0.300. The Balaban J connectivity index is 1.34. The molecule has 5 rings (SSSR count). The average molecular weight is 500 g/mol. The van der Waals surface area contributed by atoms with Gasteiger partial charge in [0.2, 0.25) is 5.91 Å². The lowest BCUT2D eigenvalue weighted by atomic mass is 9.72. The number of para-hydroxylation sites is 2. The van der Waals surface area contributed by atoms with E-state index in [1.54, 1.807) is 29.2 Å². The van der Waals surface area contributed by atoms with Gasteiger partial charge in [0, 0.05) is 42.8 Å². The van der Waals surface area contributed by atoms with Crippen LogP contribution in [0.25, 0.3) is 0 Å². The van der Waals surface area contributed by atoms with Crippen LogP contribution < -0.4 is 9.80 Å². The van der Waals surface area contributed by atoms with Gasteiger partial charge in [-0.25, -0.2) is 9.18 Å². The maximum Gasteiger partial charge on any atom is 0.324 e. The van der Waals surface area contributed by atoms with Gasteiger partial charge in [-0.2, -0.15) is 0 Å². The normalized spacial score (nSPS) is 16.3. The fourth-order valence-corrected chi connectivity index (χ4v) is 5.48. The summed E-state index contributed by atoms with van der Waals surface area (Å²) >= 11 is 0. The number of Topliss-reactive ketones (excluding diaryl/α,β-unsaturated/α-hetero) is 1. The molecular weight excluding hydrogens is 469 g/mol. The summed E-state index contributed by atoms with van der Waals surface area (Å²) in [6, 6.07) is 22.8. The maximum atomic E-state index is 14.1. The largest absolute Gasteiger partial charge is 0.324 e. The molecule has 0 spiro atoms. The second-order valence-corrected chi connectivity index (χ2v) is 9.86. The first kappa shape index (κ1) is 24.7. The minimum absolute atomic E-state index is 0.0116. The Hall–Kier alpha value is -4.00. The van der Waals surface area contributed by atoms with E-state index in [-0.39, 0.29) is 24.1 Å². The molecule has 0 atom stereocenters. The van der Waals surface area contributed by atoms with Crippen molar-refractivity contribution in [1.82, 2.24) is 4.90 Å². The third-order valence-corrected chi connectivity index (χ3v) is 7.68. The molecule has 3 aromatic carbocycles. The molecule has 0 saturated carbocycles. The summed E-state index contributed by atoms with van der Waals surface area (Å²) in [5.74, 6) is -0.783. The van der Waals surface area contributed by atoms with Crippen molar-refractivity contribution in [3.05, 3.63) is 90.2 Å². The molecular formula is C30H30FN3O3. The van der Waals surface area contributed by atoms with Gasteiger partial charge >= 0.3 is 6.03 Å². The van der Waals surface area contributed by atoms with Crippen LogP contribution in [-0.2, 0) is 16.0 Å². The van der Waals surface area contributed by atoms with Crippen LogP contribution in [0.1, 0.15) is 31.7 Å². The lowest BCUT2D eigenvalue weighted by Crippen LogP contribution is -2.51. The molecule has 190 valence electrons. The molecule has 2 aliphatic heterocycles. The zero-order valence-corrected chi connectivity index (χ0v) is 20.9. The Kier molecular flexibility index (Phi) is 6.78. The second kappa shape index (κ2) is 10.2. The highest BCUT2D eigenvalue weighted by Crippen LogP contribution is 2.39. The molecule has 0 unspecified atom stereocenters. The molecule has 3 aromatic rings. The Morgan fingerprint density at radius 3 is 2.24 bits per heavy atom. The third kappa shape index (κ3) is 4.86. The Morgan fingerprint density at radius 1 is 0.865 bits per heavy atom. The monoisotopic (exact) mass is 499 g/mol. The number of carbonyl (C=O) groups excluding carboxylic acids is 3. The minimum atomic E-state index is -0.878. The lowest BCUT2D eigenvalue weighted by Gasteiger charge is -2.41. The summed E-state index contributed by atoms with van der Waals surface area (Å²) in [5, 5.41) is 0. The lowest BCUT2D eigenvalue weighted by molar-refractivity contribution is -0.134. The highest BCUT2D eigenvalue weighted by molar-refractivity contribution is 6.03. The van der Waals surface area contributed by atoms with E-state index in [0.717, 1.165) is 17.7 Å². The molecule has 0 aliphatic carbocycles. The number of benzene rings is 3. The van der Waals surface area contributed by atoms with Crippen LogP contribution in [0, 0.1) is 11.2 Å². The topological polar surface area (TPSA) is 60.9 Å². The molecule has 7 heteroatoms. The minimum Gasteiger partial charge on any atom is -0.324 e. The quantitative estimate of drug-likeness (QED) is 0.450. The van der Waals surface area contributed by atoms with Crippen molar-refractivity contribution in [3.8, 4) is 0 Å². The van der Waals surface area contributed by atoms with Gasteiger partial charge < -0.3 is 4.90 Å². The van der Waals surface area contributed by atoms with Crippen molar-refractivity contribution < 1.29 is 18.8 Å². The van der Waals surface area contributed by atoms with Crippen molar-refractivity contribution in [3.63, 3.8) is 0 Å². The molecule has 0 bridgehead atoms. The molecule has 0 radical (unpaired) electrons. The number of rotatable bonds is 5. The van der Waals surface area contributed by atoms with Crippen LogP contribution in [0.5, 0.6) is 0 Å². The first-order valence-electron chi connectivity index (χ1n) is 12.7. The number of hydrogen-bond acceptors (Lipinski definition) is 3. The number of hydrogen-bond donors (Lipinski definition) is 0. The van der Waals surface area contributed by atoms with E-state index >= 15 is 0 Å². The van der Waals surface area contributed by atoms with Gasteiger partial charge in [-0.15, -0.1) is 0 Å². The standard InChI is InChI=1S/C30H30FN3O3/c1-22(35)30(15-18-32(19-16-30)29(37)33-17-14-23-8-5-6-13-27(23)33)21-28(36)34(25-10-3-2-4-11-25)26-12-7-9-24(31)20-26/h2-13,20H,14-19,21H2,1H3. The van der Waals surface area contributed by atoms with Gasteiger partial charge in [-0.3, -0.25) is 19.4 Å². The van der Waals surface area contributed by atoms with Crippen LogP contribution in [-0.4, -0.2) is 42.3 Å². The summed E-state index contributed by atoms with van der Waals surface area (Å²) in [6.07, 6.45) is 1.63. The van der Waals surface area contributed by atoms with Gasteiger partial charge in [-0.1, -0.05) is 42.5 Å². The molecule has 1 fully saturated rings. The summed E-state index contributed by atoms with van der Waals surface area (Å²) in [7, 11) is 0.